The quantitative estimate of drug-likeness (QED) is 0.502. The standard InChI is InChI=1S/C22H17N3O3S/c1-12-7-8-17-20(13(12)2)23-22-25(17)21(28)18(29-22)9-14-10-24(11-19(26)27)16-6-4-3-5-15(14)16/h3-10H,11H2,1-2H3,(H,26,27)/b18-9+. The van der Waals surface area contributed by atoms with Crippen LogP contribution in [0.4, 0.5) is 0 Å². The highest BCUT2D eigenvalue weighted by Crippen LogP contribution is 2.24. The van der Waals surface area contributed by atoms with E-state index in [2.05, 4.69) is 4.98 Å². The third-order valence-corrected chi connectivity index (χ3v) is 6.32. The summed E-state index contributed by atoms with van der Waals surface area (Å²) in [4.78, 5) is 29.7. The third kappa shape index (κ3) is 2.66. The van der Waals surface area contributed by atoms with Crippen molar-refractivity contribution in [3.63, 3.8) is 0 Å². The molecule has 29 heavy (non-hydrogen) atoms. The molecular weight excluding hydrogens is 386 g/mol. The van der Waals surface area contributed by atoms with Crippen molar-refractivity contribution in [2.75, 3.05) is 0 Å². The highest BCUT2D eigenvalue weighted by molar-refractivity contribution is 7.15. The first-order valence-corrected chi connectivity index (χ1v) is 9.98. The fourth-order valence-electron chi connectivity index (χ4n) is 3.77. The van der Waals surface area contributed by atoms with Gasteiger partial charge in [0.15, 0.2) is 4.96 Å². The van der Waals surface area contributed by atoms with Crippen molar-refractivity contribution >= 4 is 50.3 Å². The van der Waals surface area contributed by atoms with Crippen molar-refractivity contribution < 1.29 is 9.90 Å². The van der Waals surface area contributed by atoms with Gasteiger partial charge >= 0.3 is 5.97 Å². The average molecular weight is 403 g/mol. The summed E-state index contributed by atoms with van der Waals surface area (Å²) in [5.74, 6) is -0.909. The van der Waals surface area contributed by atoms with Gasteiger partial charge in [0.1, 0.15) is 6.54 Å². The van der Waals surface area contributed by atoms with Crippen LogP contribution in [0.5, 0.6) is 0 Å². The van der Waals surface area contributed by atoms with E-state index in [-0.39, 0.29) is 12.1 Å². The minimum atomic E-state index is -0.909. The topological polar surface area (TPSA) is 76.6 Å². The number of carboxylic acid groups (broad SMARTS) is 1. The first-order chi connectivity index (χ1) is 13.9. The number of carbonyl (C=O) groups is 1. The lowest BCUT2D eigenvalue weighted by Crippen LogP contribution is -2.22. The van der Waals surface area contributed by atoms with Crippen LogP contribution in [0.25, 0.3) is 33.0 Å². The Labute approximate surface area is 169 Å². The van der Waals surface area contributed by atoms with Crippen LogP contribution in [0.3, 0.4) is 0 Å². The van der Waals surface area contributed by atoms with E-state index in [1.54, 1.807) is 15.2 Å². The Morgan fingerprint density at radius 1 is 1.17 bits per heavy atom. The molecule has 1 N–H and O–H groups in total. The second-order valence-corrected chi connectivity index (χ2v) is 8.15. The monoisotopic (exact) mass is 403 g/mol. The van der Waals surface area contributed by atoms with Crippen molar-refractivity contribution in [1.29, 1.82) is 0 Å². The van der Waals surface area contributed by atoms with Crippen LogP contribution in [-0.2, 0) is 11.3 Å². The van der Waals surface area contributed by atoms with Gasteiger partial charge in [-0.2, -0.15) is 0 Å². The molecule has 0 aliphatic carbocycles. The molecule has 0 saturated carbocycles. The van der Waals surface area contributed by atoms with E-state index in [4.69, 9.17) is 0 Å². The fraction of sp³-hybridized carbons (Fsp3) is 0.136. The Hall–Kier alpha value is -3.45. The van der Waals surface area contributed by atoms with Gasteiger partial charge in [-0.25, -0.2) is 9.38 Å². The Kier molecular flexibility index (Phi) is 3.82. The van der Waals surface area contributed by atoms with Crippen LogP contribution in [0.2, 0.25) is 0 Å². The Bertz CT molecular complexity index is 1560. The van der Waals surface area contributed by atoms with E-state index in [0.717, 1.165) is 38.6 Å². The van der Waals surface area contributed by atoms with Gasteiger partial charge in [0.05, 0.1) is 15.6 Å². The number of hydrogen-bond acceptors (Lipinski definition) is 4. The molecule has 0 bridgehead atoms. The fourth-order valence-corrected chi connectivity index (χ4v) is 4.74. The third-order valence-electron chi connectivity index (χ3n) is 5.35. The van der Waals surface area contributed by atoms with Gasteiger partial charge in [0.2, 0.25) is 0 Å². The number of aliphatic carboxylic acids is 1. The molecule has 0 amide bonds. The molecule has 3 heterocycles. The summed E-state index contributed by atoms with van der Waals surface area (Å²) < 4.78 is 3.92. The van der Waals surface area contributed by atoms with Gasteiger partial charge in [0, 0.05) is 22.7 Å². The van der Waals surface area contributed by atoms with Gasteiger partial charge < -0.3 is 9.67 Å². The average Bonchev–Trinajstić information content (AvgIpc) is 3.31. The summed E-state index contributed by atoms with van der Waals surface area (Å²) in [5, 5.41) is 10.1. The maximum atomic E-state index is 13.1. The number of aryl methyl sites for hydroxylation is 2. The van der Waals surface area contributed by atoms with Crippen molar-refractivity contribution in [1.82, 2.24) is 14.0 Å². The molecule has 144 valence electrons. The van der Waals surface area contributed by atoms with Crippen LogP contribution < -0.4 is 10.1 Å². The zero-order valence-electron chi connectivity index (χ0n) is 15.8. The number of hydrogen-bond donors (Lipinski definition) is 1. The maximum absolute atomic E-state index is 13.1. The van der Waals surface area contributed by atoms with E-state index in [1.165, 1.54) is 11.3 Å². The number of para-hydroxylation sites is 1. The number of aromatic nitrogens is 3. The summed E-state index contributed by atoms with van der Waals surface area (Å²) in [6, 6.07) is 11.5. The summed E-state index contributed by atoms with van der Waals surface area (Å²) in [6.45, 7) is 3.92. The van der Waals surface area contributed by atoms with Crippen molar-refractivity contribution in [2.45, 2.75) is 20.4 Å². The molecule has 0 aliphatic heterocycles. The predicted octanol–water partition coefficient (Wildman–Crippen LogP) is 3.11. The zero-order chi connectivity index (χ0) is 20.3. The van der Waals surface area contributed by atoms with Gasteiger partial charge in [0.25, 0.3) is 5.56 Å². The second-order valence-electron chi connectivity index (χ2n) is 7.14. The SMILES string of the molecule is Cc1ccc2c(nc3s/c(=C/c4cn(CC(=O)O)c5ccccc45)c(=O)n32)c1C. The van der Waals surface area contributed by atoms with E-state index in [1.807, 2.05) is 56.3 Å². The summed E-state index contributed by atoms with van der Waals surface area (Å²) in [7, 11) is 0. The Balaban J connectivity index is 1.76. The predicted molar refractivity (Wildman–Crippen MR) is 115 cm³/mol. The van der Waals surface area contributed by atoms with E-state index < -0.39 is 5.97 Å². The minimum absolute atomic E-state index is 0.106. The molecule has 3 aromatic heterocycles. The van der Waals surface area contributed by atoms with E-state index in [0.29, 0.717) is 9.49 Å². The number of benzene rings is 2. The Morgan fingerprint density at radius 3 is 2.76 bits per heavy atom. The molecule has 0 aliphatic rings. The molecule has 0 atom stereocenters. The van der Waals surface area contributed by atoms with Crippen molar-refractivity contribution in [3.8, 4) is 0 Å². The van der Waals surface area contributed by atoms with Crippen LogP contribution in [0, 0.1) is 13.8 Å². The smallest absolute Gasteiger partial charge is 0.323 e. The zero-order valence-corrected chi connectivity index (χ0v) is 16.7. The number of fused-ring (bicyclic) bond motifs is 4. The Morgan fingerprint density at radius 2 is 1.97 bits per heavy atom. The molecule has 0 saturated heterocycles. The molecule has 7 heteroatoms. The molecule has 0 fully saturated rings. The van der Waals surface area contributed by atoms with Crippen LogP contribution in [0.15, 0.2) is 47.4 Å². The molecule has 6 nitrogen and oxygen atoms in total. The van der Waals surface area contributed by atoms with E-state index in [9.17, 15) is 14.7 Å². The number of rotatable bonds is 3. The number of imidazole rings is 1. The van der Waals surface area contributed by atoms with Gasteiger partial charge in [-0.3, -0.25) is 9.59 Å². The van der Waals surface area contributed by atoms with E-state index >= 15 is 0 Å². The molecule has 5 rings (SSSR count). The highest BCUT2D eigenvalue weighted by atomic mass is 32.1. The lowest BCUT2D eigenvalue weighted by molar-refractivity contribution is -0.137. The lowest BCUT2D eigenvalue weighted by Gasteiger charge is -1.99. The summed E-state index contributed by atoms with van der Waals surface area (Å²) >= 11 is 1.35. The first-order valence-electron chi connectivity index (χ1n) is 9.16. The molecule has 5 aromatic rings. The van der Waals surface area contributed by atoms with Crippen molar-refractivity contribution in [2.24, 2.45) is 0 Å². The molecule has 0 radical (unpaired) electrons. The number of nitrogens with zero attached hydrogens (tertiary/aromatic N) is 3. The van der Waals surface area contributed by atoms with Crippen LogP contribution >= 0.6 is 11.3 Å². The lowest BCUT2D eigenvalue weighted by atomic mass is 10.1. The molecule has 0 spiro atoms. The molecule has 0 unspecified atom stereocenters. The largest absolute Gasteiger partial charge is 0.480 e. The molecule has 2 aromatic carbocycles. The van der Waals surface area contributed by atoms with Gasteiger partial charge in [-0.05, 0) is 43.2 Å². The summed E-state index contributed by atoms with van der Waals surface area (Å²) in [5.41, 5.74) is 5.45. The van der Waals surface area contributed by atoms with Gasteiger partial charge in [-0.15, -0.1) is 0 Å². The van der Waals surface area contributed by atoms with Crippen LogP contribution in [0.1, 0.15) is 16.7 Å². The van der Waals surface area contributed by atoms with Crippen molar-refractivity contribution in [3.05, 3.63) is 74.2 Å². The van der Waals surface area contributed by atoms with Gasteiger partial charge in [-0.1, -0.05) is 35.6 Å². The minimum Gasteiger partial charge on any atom is -0.480 e. The summed E-state index contributed by atoms with van der Waals surface area (Å²) in [6.07, 6.45) is 3.61. The number of thiazole rings is 1. The first kappa shape index (κ1) is 17.6. The van der Waals surface area contributed by atoms with Crippen LogP contribution in [-0.4, -0.2) is 25.0 Å². The number of carboxylic acids is 1. The highest BCUT2D eigenvalue weighted by Gasteiger charge is 2.15. The normalized spacial score (nSPS) is 12.6. The molecular formula is C22H17N3O3S. The second kappa shape index (κ2) is 6.28. The maximum Gasteiger partial charge on any atom is 0.323 e.